The van der Waals surface area contributed by atoms with Crippen LogP contribution in [0.25, 0.3) is 11.4 Å². The number of nitrogens with zero attached hydrogens (tertiary/aromatic N) is 3. The summed E-state index contributed by atoms with van der Waals surface area (Å²) in [7, 11) is 1.56. The number of hydrogen-bond donors (Lipinski definition) is 1. The van der Waals surface area contributed by atoms with E-state index in [1.165, 1.54) is 6.42 Å². The topological polar surface area (TPSA) is 78.3 Å². The number of methoxy groups -OCH3 is 1. The van der Waals surface area contributed by atoms with Gasteiger partial charge >= 0.3 is 0 Å². The lowest BCUT2D eigenvalue weighted by molar-refractivity contribution is -0.118. The van der Waals surface area contributed by atoms with Gasteiger partial charge in [-0.25, -0.2) is 0 Å². The van der Waals surface area contributed by atoms with Gasteiger partial charge in [-0.15, -0.1) is 10.2 Å². The van der Waals surface area contributed by atoms with E-state index in [0.29, 0.717) is 22.2 Å². The number of fused-ring (bicyclic) bond motifs is 1. The van der Waals surface area contributed by atoms with Crippen LogP contribution in [0.3, 0.4) is 0 Å². The maximum atomic E-state index is 12.4. The number of nitrogens with one attached hydrogen (secondary N) is 1. The van der Waals surface area contributed by atoms with Crippen LogP contribution in [0.2, 0.25) is 5.02 Å². The average molecular weight is 427 g/mol. The Morgan fingerprint density at radius 3 is 2.80 bits per heavy atom. The summed E-state index contributed by atoms with van der Waals surface area (Å²) in [6.45, 7) is 0.732. The van der Waals surface area contributed by atoms with Crippen molar-refractivity contribution in [3.05, 3.63) is 53.3 Å². The van der Waals surface area contributed by atoms with Crippen LogP contribution in [0.1, 0.15) is 25.1 Å². The molecule has 2 heterocycles. The third-order valence-electron chi connectivity index (χ3n) is 5.03. The lowest BCUT2D eigenvalue weighted by Crippen LogP contribution is -2.20. The summed E-state index contributed by atoms with van der Waals surface area (Å²) < 4.78 is 13.0. The molecule has 0 atom stereocenters. The highest BCUT2D eigenvalue weighted by atomic mass is 35.5. The highest BCUT2D eigenvalue weighted by Gasteiger charge is 2.18. The van der Waals surface area contributed by atoms with Crippen LogP contribution in [-0.2, 0) is 17.8 Å². The molecule has 30 heavy (non-hydrogen) atoms. The molecule has 3 aromatic rings. The molecule has 0 spiro atoms. The number of carbonyl (C=O) groups excluding carboxylic acids is 1. The number of aromatic nitrogens is 3. The quantitative estimate of drug-likeness (QED) is 0.634. The molecule has 7 nitrogen and oxygen atoms in total. The number of amides is 1. The summed E-state index contributed by atoms with van der Waals surface area (Å²) in [5.74, 6) is 2.52. The Hall–Kier alpha value is -3.06. The van der Waals surface area contributed by atoms with Crippen LogP contribution in [-0.4, -0.2) is 34.4 Å². The van der Waals surface area contributed by atoms with Crippen molar-refractivity contribution in [1.29, 1.82) is 0 Å². The van der Waals surface area contributed by atoms with Crippen molar-refractivity contribution < 1.29 is 14.3 Å². The predicted octanol–water partition coefficient (Wildman–Crippen LogP) is 4.35. The van der Waals surface area contributed by atoms with E-state index in [4.69, 9.17) is 21.1 Å². The fourth-order valence-electron chi connectivity index (χ4n) is 3.54. The lowest BCUT2D eigenvalue weighted by atomic mass is 10.1. The zero-order valence-electron chi connectivity index (χ0n) is 16.7. The standard InChI is InChI=1S/C22H23ClN4O3/c1-29-18-7-4-5-8-19(18)30-14-21(28)24-15-10-11-17(23)16(13-15)22-26-25-20-9-3-2-6-12-27(20)22/h4-5,7-8,10-11,13H,2-3,6,9,12,14H2,1H3,(H,24,28). The minimum Gasteiger partial charge on any atom is -0.493 e. The van der Waals surface area contributed by atoms with E-state index >= 15 is 0 Å². The second kappa shape index (κ2) is 9.17. The molecule has 0 fully saturated rings. The maximum absolute atomic E-state index is 12.4. The molecule has 0 unspecified atom stereocenters. The highest BCUT2D eigenvalue weighted by Crippen LogP contribution is 2.31. The first-order valence-corrected chi connectivity index (χ1v) is 10.3. The van der Waals surface area contributed by atoms with Crippen molar-refractivity contribution in [3.8, 4) is 22.9 Å². The number of rotatable bonds is 6. The zero-order valence-corrected chi connectivity index (χ0v) is 17.5. The first-order valence-electron chi connectivity index (χ1n) is 9.93. The van der Waals surface area contributed by atoms with Crippen molar-refractivity contribution in [2.45, 2.75) is 32.2 Å². The third-order valence-corrected chi connectivity index (χ3v) is 5.36. The van der Waals surface area contributed by atoms with E-state index < -0.39 is 0 Å². The minimum atomic E-state index is -0.283. The molecular formula is C22H23ClN4O3. The number of anilines is 1. The van der Waals surface area contributed by atoms with Crippen LogP contribution < -0.4 is 14.8 Å². The van der Waals surface area contributed by atoms with Gasteiger partial charge in [-0.05, 0) is 43.2 Å². The molecule has 1 aliphatic rings. The lowest BCUT2D eigenvalue weighted by Gasteiger charge is -2.12. The summed E-state index contributed by atoms with van der Waals surface area (Å²) >= 11 is 6.45. The molecule has 0 bridgehead atoms. The van der Waals surface area contributed by atoms with Crippen LogP contribution in [0.4, 0.5) is 5.69 Å². The first-order chi connectivity index (χ1) is 14.7. The van der Waals surface area contributed by atoms with Gasteiger partial charge < -0.3 is 19.4 Å². The van der Waals surface area contributed by atoms with Gasteiger partial charge in [0.15, 0.2) is 23.9 Å². The van der Waals surface area contributed by atoms with Crippen LogP contribution >= 0.6 is 11.6 Å². The number of ether oxygens (including phenoxy) is 2. The minimum absolute atomic E-state index is 0.140. The Labute approximate surface area is 180 Å². The molecule has 0 saturated heterocycles. The molecule has 8 heteroatoms. The predicted molar refractivity (Wildman–Crippen MR) is 115 cm³/mol. The van der Waals surface area contributed by atoms with E-state index in [-0.39, 0.29) is 12.5 Å². The van der Waals surface area contributed by atoms with Crippen molar-refractivity contribution in [2.75, 3.05) is 19.0 Å². The van der Waals surface area contributed by atoms with Crippen molar-refractivity contribution in [1.82, 2.24) is 14.8 Å². The largest absolute Gasteiger partial charge is 0.493 e. The van der Waals surface area contributed by atoms with E-state index in [2.05, 4.69) is 20.1 Å². The summed E-state index contributed by atoms with van der Waals surface area (Å²) in [4.78, 5) is 12.4. The Balaban J connectivity index is 1.48. The SMILES string of the molecule is COc1ccccc1OCC(=O)Nc1ccc(Cl)c(-c2nnc3n2CCCCC3)c1. The Morgan fingerprint density at radius 2 is 1.97 bits per heavy atom. The normalized spacial score (nSPS) is 13.3. The summed E-state index contributed by atoms with van der Waals surface area (Å²) in [6.07, 6.45) is 4.31. The van der Waals surface area contributed by atoms with Gasteiger partial charge in [-0.2, -0.15) is 0 Å². The fraction of sp³-hybridized carbons (Fsp3) is 0.318. The number of halogens is 1. The van der Waals surface area contributed by atoms with Gasteiger partial charge in [0.25, 0.3) is 5.91 Å². The third kappa shape index (κ3) is 4.41. The first kappa shape index (κ1) is 20.2. The van der Waals surface area contributed by atoms with Crippen molar-refractivity contribution in [3.63, 3.8) is 0 Å². The summed E-state index contributed by atoms with van der Waals surface area (Å²) in [5.41, 5.74) is 1.37. The van der Waals surface area contributed by atoms with Gasteiger partial charge in [-0.1, -0.05) is 30.2 Å². The number of hydrogen-bond acceptors (Lipinski definition) is 5. The van der Waals surface area contributed by atoms with Gasteiger partial charge in [0.2, 0.25) is 0 Å². The van der Waals surface area contributed by atoms with E-state index in [1.807, 2.05) is 18.2 Å². The van der Waals surface area contributed by atoms with Crippen LogP contribution in [0.15, 0.2) is 42.5 Å². The maximum Gasteiger partial charge on any atom is 0.262 e. The number of carbonyl (C=O) groups is 1. The Kier molecular flexibility index (Phi) is 6.18. The molecule has 4 rings (SSSR count). The van der Waals surface area contributed by atoms with E-state index in [0.717, 1.165) is 43.0 Å². The van der Waals surface area contributed by atoms with Crippen LogP contribution in [0.5, 0.6) is 11.5 Å². The molecule has 2 aromatic carbocycles. The van der Waals surface area contributed by atoms with Crippen LogP contribution in [0, 0.1) is 0 Å². The molecule has 1 N–H and O–H groups in total. The second-order valence-electron chi connectivity index (χ2n) is 7.08. The molecule has 156 valence electrons. The summed E-state index contributed by atoms with van der Waals surface area (Å²) in [5, 5.41) is 12.1. The van der Waals surface area contributed by atoms with E-state index in [1.54, 1.807) is 31.4 Å². The molecule has 0 saturated carbocycles. The average Bonchev–Trinajstić information content (AvgIpc) is 3.01. The van der Waals surface area contributed by atoms with Crippen molar-refractivity contribution >= 4 is 23.2 Å². The van der Waals surface area contributed by atoms with Crippen molar-refractivity contribution in [2.24, 2.45) is 0 Å². The van der Waals surface area contributed by atoms with Gasteiger partial charge in [0.1, 0.15) is 5.82 Å². The molecular weight excluding hydrogens is 404 g/mol. The number of aryl methyl sites for hydroxylation is 1. The molecule has 1 amide bonds. The smallest absolute Gasteiger partial charge is 0.262 e. The summed E-state index contributed by atoms with van der Waals surface area (Å²) in [6, 6.07) is 12.5. The highest BCUT2D eigenvalue weighted by molar-refractivity contribution is 6.33. The molecule has 1 aromatic heterocycles. The Morgan fingerprint density at radius 1 is 1.13 bits per heavy atom. The van der Waals surface area contributed by atoms with Gasteiger partial charge in [0.05, 0.1) is 12.1 Å². The Bertz CT molecular complexity index is 1050. The number of para-hydroxylation sites is 2. The van der Waals surface area contributed by atoms with Gasteiger partial charge in [0, 0.05) is 24.2 Å². The van der Waals surface area contributed by atoms with E-state index in [9.17, 15) is 4.79 Å². The fourth-order valence-corrected chi connectivity index (χ4v) is 3.74. The zero-order chi connectivity index (χ0) is 20.9. The second-order valence-corrected chi connectivity index (χ2v) is 7.49. The molecule has 1 aliphatic heterocycles. The molecule has 0 radical (unpaired) electrons. The number of benzene rings is 2. The van der Waals surface area contributed by atoms with Gasteiger partial charge in [-0.3, -0.25) is 4.79 Å². The molecule has 0 aliphatic carbocycles. The monoisotopic (exact) mass is 426 g/mol.